The van der Waals surface area contributed by atoms with Crippen molar-refractivity contribution < 1.29 is 9.90 Å². The second-order valence-corrected chi connectivity index (χ2v) is 6.06. The lowest BCUT2D eigenvalue weighted by Gasteiger charge is -1.97. The highest BCUT2D eigenvalue weighted by Gasteiger charge is 2.25. The molecule has 2 heterocycles. The van der Waals surface area contributed by atoms with Crippen LogP contribution in [0.25, 0.3) is 5.57 Å². The molecule has 1 amide bonds. The number of nitrogen functional groups attached to an aromatic ring is 1. The normalized spacial score (nSPS) is 13.6. The van der Waals surface area contributed by atoms with Crippen LogP contribution in [0.5, 0.6) is 5.88 Å². The Morgan fingerprint density at radius 2 is 2.16 bits per heavy atom. The van der Waals surface area contributed by atoms with Gasteiger partial charge in [0.1, 0.15) is 4.88 Å². The van der Waals surface area contributed by atoms with Crippen molar-refractivity contribution in [3.63, 3.8) is 0 Å². The van der Waals surface area contributed by atoms with Gasteiger partial charge in [-0.25, -0.2) is 4.99 Å². The first-order valence-corrected chi connectivity index (χ1v) is 6.97. The van der Waals surface area contributed by atoms with Crippen molar-refractivity contribution >= 4 is 43.9 Å². The summed E-state index contributed by atoms with van der Waals surface area (Å²) in [6.07, 6.45) is 0. The molecule has 0 spiro atoms. The van der Waals surface area contributed by atoms with Crippen LogP contribution in [0.4, 0.5) is 5.13 Å². The molecule has 19 heavy (non-hydrogen) atoms. The monoisotopic (exact) mass is 337 g/mol. The average Bonchev–Trinajstić information content (AvgIpc) is 2.78. The minimum Gasteiger partial charge on any atom is -0.492 e. The zero-order valence-corrected chi connectivity index (χ0v) is 12.2. The molecule has 3 N–H and O–H groups in total. The van der Waals surface area contributed by atoms with Gasteiger partial charge >= 0.3 is 0 Å². The number of hydrogen-bond acceptors (Lipinski definition) is 5. The lowest BCUT2D eigenvalue weighted by Crippen LogP contribution is -2.26. The Balaban J connectivity index is 2.45. The average molecular weight is 338 g/mol. The van der Waals surface area contributed by atoms with Crippen LogP contribution < -0.4 is 16.3 Å². The van der Waals surface area contributed by atoms with Crippen molar-refractivity contribution in [1.29, 1.82) is 0 Å². The predicted molar refractivity (Wildman–Crippen MR) is 75.4 cm³/mol. The molecular weight excluding hydrogens is 330 g/mol. The van der Waals surface area contributed by atoms with Crippen molar-refractivity contribution in [3.8, 4) is 5.88 Å². The number of carbonyl (C=O) groups is 1. The summed E-state index contributed by atoms with van der Waals surface area (Å²) in [6.45, 7) is 1.88. The highest BCUT2D eigenvalue weighted by atomic mass is 79.9. The molecule has 0 atom stereocenters. The van der Waals surface area contributed by atoms with E-state index in [-0.39, 0.29) is 16.9 Å². The third-order valence-electron chi connectivity index (χ3n) is 2.81. The number of fused-ring (bicyclic) bond motifs is 1. The van der Waals surface area contributed by atoms with Crippen molar-refractivity contribution in [2.75, 3.05) is 5.73 Å². The van der Waals surface area contributed by atoms with Gasteiger partial charge in [0.25, 0.3) is 5.91 Å². The fraction of sp³-hybridized carbons (Fsp3) is 0.0833. The zero-order chi connectivity index (χ0) is 13.7. The van der Waals surface area contributed by atoms with E-state index in [4.69, 9.17) is 5.73 Å². The Labute approximate surface area is 120 Å². The van der Waals surface area contributed by atoms with Crippen molar-refractivity contribution in [2.24, 2.45) is 4.99 Å². The number of aromatic nitrogens is 1. The topological polar surface area (TPSA) is 88.6 Å². The molecular formula is C12H8BrN3O2S. The number of nitrogens with two attached hydrogens (primary N) is 1. The molecule has 2 aromatic rings. The Morgan fingerprint density at radius 3 is 2.79 bits per heavy atom. The molecule has 0 unspecified atom stereocenters. The zero-order valence-electron chi connectivity index (χ0n) is 9.77. The van der Waals surface area contributed by atoms with E-state index in [0.29, 0.717) is 21.0 Å². The van der Waals surface area contributed by atoms with Crippen molar-refractivity contribution in [3.05, 3.63) is 37.6 Å². The lowest BCUT2D eigenvalue weighted by molar-refractivity contribution is -0.112. The standard InChI is InChI=1S/C12H8BrN3O2S/c1-4-2-5(13)3-6-7(10(17)15-8(4)6)9-11(18)16-12(14)19-9/h2-3,18H,1H3,(H2,14,16). The second-order valence-electron chi connectivity index (χ2n) is 4.12. The molecule has 3 rings (SSSR count). The van der Waals surface area contributed by atoms with Crippen LogP contribution in [0.15, 0.2) is 21.6 Å². The third kappa shape index (κ3) is 1.85. The number of nitrogens with zero attached hydrogens (tertiary/aromatic N) is 2. The number of hydrogen-bond donors (Lipinski definition) is 2. The molecule has 0 bridgehead atoms. The molecule has 0 saturated heterocycles. The van der Waals surface area contributed by atoms with Gasteiger partial charge in [-0.15, -0.1) is 0 Å². The van der Waals surface area contributed by atoms with Gasteiger partial charge in [-0.05, 0) is 24.6 Å². The van der Waals surface area contributed by atoms with Gasteiger partial charge in [-0.3, -0.25) is 4.79 Å². The predicted octanol–water partition coefficient (Wildman–Crippen LogP) is 0.861. The first-order chi connectivity index (χ1) is 8.97. The summed E-state index contributed by atoms with van der Waals surface area (Å²) in [5.74, 6) is -0.610. The van der Waals surface area contributed by atoms with Gasteiger partial charge in [-0.2, -0.15) is 4.98 Å². The molecule has 0 aliphatic carbocycles. The molecule has 96 valence electrons. The number of rotatable bonds is 1. The van der Waals surface area contributed by atoms with Crippen molar-refractivity contribution in [2.45, 2.75) is 6.92 Å². The largest absolute Gasteiger partial charge is 0.492 e. The van der Waals surface area contributed by atoms with E-state index >= 15 is 0 Å². The van der Waals surface area contributed by atoms with Crippen molar-refractivity contribution in [1.82, 2.24) is 4.98 Å². The number of anilines is 1. The summed E-state index contributed by atoms with van der Waals surface area (Å²) >= 11 is 4.47. The van der Waals surface area contributed by atoms with Crippen LogP contribution in [-0.4, -0.2) is 16.0 Å². The van der Waals surface area contributed by atoms with Crippen LogP contribution >= 0.6 is 27.3 Å². The van der Waals surface area contributed by atoms with Crippen LogP contribution in [0.3, 0.4) is 0 Å². The number of benzene rings is 1. The first-order valence-electron chi connectivity index (χ1n) is 5.36. The SMILES string of the molecule is Cc1cc(Br)cc2c1=NC(=O)C=2c1sc(N)nc1O. The van der Waals surface area contributed by atoms with E-state index in [1.165, 1.54) is 0 Å². The Kier molecular flexibility index (Phi) is 2.68. The van der Waals surface area contributed by atoms with Gasteiger partial charge in [0.15, 0.2) is 5.13 Å². The van der Waals surface area contributed by atoms with Gasteiger partial charge in [0, 0.05) is 9.69 Å². The maximum absolute atomic E-state index is 12.1. The van der Waals surface area contributed by atoms with Crippen LogP contribution in [-0.2, 0) is 4.79 Å². The second kappa shape index (κ2) is 4.14. The summed E-state index contributed by atoms with van der Waals surface area (Å²) in [5.41, 5.74) is 6.80. The molecule has 5 nitrogen and oxygen atoms in total. The fourth-order valence-corrected chi connectivity index (χ4v) is 3.41. The molecule has 0 saturated carbocycles. The number of thiazole rings is 1. The number of aromatic hydroxyl groups is 1. The van der Waals surface area contributed by atoms with Crippen LogP contribution in [0, 0.1) is 6.92 Å². The Bertz CT molecular complexity index is 841. The first kappa shape index (κ1) is 12.3. The number of aryl methyl sites for hydroxylation is 1. The maximum Gasteiger partial charge on any atom is 0.279 e. The summed E-state index contributed by atoms with van der Waals surface area (Å²) < 4.78 is 0.850. The number of halogens is 1. The highest BCUT2D eigenvalue weighted by Crippen LogP contribution is 2.32. The molecule has 0 radical (unpaired) electrons. The number of amides is 1. The quantitative estimate of drug-likeness (QED) is 0.807. The molecule has 1 aliphatic rings. The number of carbonyl (C=O) groups excluding carboxylic acids is 1. The van der Waals surface area contributed by atoms with E-state index in [0.717, 1.165) is 21.4 Å². The van der Waals surface area contributed by atoms with Crippen LogP contribution in [0.1, 0.15) is 10.4 Å². The highest BCUT2D eigenvalue weighted by molar-refractivity contribution is 9.10. The van der Waals surface area contributed by atoms with Gasteiger partial charge in [0.2, 0.25) is 5.88 Å². The summed E-state index contributed by atoms with van der Waals surface area (Å²) in [7, 11) is 0. The summed E-state index contributed by atoms with van der Waals surface area (Å²) in [6, 6.07) is 3.70. The van der Waals surface area contributed by atoms with E-state index < -0.39 is 0 Å². The Hall–Kier alpha value is -1.73. The van der Waals surface area contributed by atoms with E-state index in [1.54, 1.807) is 6.07 Å². The minimum atomic E-state index is -0.379. The minimum absolute atomic E-state index is 0.216. The third-order valence-corrected chi connectivity index (χ3v) is 4.16. The summed E-state index contributed by atoms with van der Waals surface area (Å²) in [5, 5.41) is 11.3. The molecule has 1 aliphatic heterocycles. The van der Waals surface area contributed by atoms with Gasteiger partial charge in [-0.1, -0.05) is 27.3 Å². The summed E-state index contributed by atoms with van der Waals surface area (Å²) in [4.78, 5) is 20.2. The molecule has 1 aromatic heterocycles. The van der Waals surface area contributed by atoms with Gasteiger partial charge < -0.3 is 10.8 Å². The lowest BCUT2D eigenvalue weighted by atomic mass is 10.1. The maximum atomic E-state index is 12.1. The Morgan fingerprint density at radius 1 is 1.42 bits per heavy atom. The smallest absolute Gasteiger partial charge is 0.279 e. The molecule has 0 fully saturated rings. The van der Waals surface area contributed by atoms with E-state index in [9.17, 15) is 9.90 Å². The van der Waals surface area contributed by atoms with Crippen LogP contribution in [0.2, 0.25) is 0 Å². The van der Waals surface area contributed by atoms with E-state index in [2.05, 4.69) is 25.9 Å². The van der Waals surface area contributed by atoms with Gasteiger partial charge in [0.05, 0.1) is 10.9 Å². The van der Waals surface area contributed by atoms with E-state index in [1.807, 2.05) is 13.0 Å². The fourth-order valence-electron chi connectivity index (χ4n) is 2.06. The molecule has 7 heteroatoms. The molecule has 1 aromatic carbocycles.